The lowest BCUT2D eigenvalue weighted by molar-refractivity contribution is 0.0315. The Morgan fingerprint density at radius 2 is 1.62 bits per heavy atom. The molecule has 4 atom stereocenters. The van der Waals surface area contributed by atoms with E-state index in [0.717, 1.165) is 30.3 Å². The van der Waals surface area contributed by atoms with Gasteiger partial charge >= 0.3 is 0 Å². The van der Waals surface area contributed by atoms with Crippen LogP contribution < -0.4 is 5.73 Å². The van der Waals surface area contributed by atoms with Crippen molar-refractivity contribution >= 4 is 0 Å². The van der Waals surface area contributed by atoms with Gasteiger partial charge in [0.25, 0.3) is 0 Å². The monoisotopic (exact) mass is 224 g/mol. The molecule has 4 unspecified atom stereocenters. The van der Waals surface area contributed by atoms with E-state index in [1.54, 1.807) is 0 Å². The molecule has 16 heavy (non-hydrogen) atoms. The summed E-state index contributed by atoms with van der Waals surface area (Å²) in [5, 5.41) is 0. The summed E-state index contributed by atoms with van der Waals surface area (Å²) in [6.45, 7) is 9.62. The number of hydrogen-bond donors (Lipinski definition) is 1. The van der Waals surface area contributed by atoms with Crippen LogP contribution in [-0.4, -0.2) is 30.1 Å². The summed E-state index contributed by atoms with van der Waals surface area (Å²) < 4.78 is 0. The van der Waals surface area contributed by atoms with E-state index >= 15 is 0 Å². The zero-order valence-electron chi connectivity index (χ0n) is 11.2. The van der Waals surface area contributed by atoms with Gasteiger partial charge in [0, 0.05) is 25.2 Å². The zero-order valence-corrected chi connectivity index (χ0v) is 11.2. The van der Waals surface area contributed by atoms with Gasteiger partial charge < -0.3 is 5.73 Å². The molecule has 94 valence electrons. The van der Waals surface area contributed by atoms with Gasteiger partial charge in [-0.25, -0.2) is 0 Å². The van der Waals surface area contributed by atoms with Gasteiger partial charge in [0.05, 0.1) is 0 Å². The normalized spacial score (nSPS) is 46.9. The molecule has 0 aromatic carbocycles. The first-order chi connectivity index (χ1) is 7.58. The topological polar surface area (TPSA) is 29.3 Å². The van der Waals surface area contributed by atoms with Crippen molar-refractivity contribution in [2.24, 2.45) is 23.5 Å². The minimum Gasteiger partial charge on any atom is -0.327 e. The molecule has 0 bridgehead atoms. The maximum absolute atomic E-state index is 6.17. The number of hydrogen-bond acceptors (Lipinski definition) is 2. The molecule has 0 amide bonds. The molecule has 2 rings (SSSR count). The first-order valence-electron chi connectivity index (χ1n) is 7.07. The minimum absolute atomic E-state index is 0.407. The number of nitrogens with zero attached hydrogens (tertiary/aromatic N) is 1. The quantitative estimate of drug-likeness (QED) is 0.741. The van der Waals surface area contributed by atoms with Crippen LogP contribution in [-0.2, 0) is 0 Å². The molecule has 2 fully saturated rings. The van der Waals surface area contributed by atoms with Crippen LogP contribution >= 0.6 is 0 Å². The lowest BCUT2D eigenvalue weighted by atomic mass is 9.76. The predicted molar refractivity (Wildman–Crippen MR) is 69.3 cm³/mol. The second-order valence-electron chi connectivity index (χ2n) is 6.43. The molecule has 1 saturated heterocycles. The van der Waals surface area contributed by atoms with Crippen molar-refractivity contribution in [3.05, 3.63) is 0 Å². The molecule has 1 aliphatic carbocycles. The molecular weight excluding hydrogens is 196 g/mol. The standard InChI is InChI=1S/C14H28N2/c1-10-7-13(15)9-16(8-10)14-11(2)5-4-6-12(14)3/h10-14H,4-9,15H2,1-3H3. The van der Waals surface area contributed by atoms with Crippen molar-refractivity contribution in [1.29, 1.82) is 0 Å². The Morgan fingerprint density at radius 1 is 1.00 bits per heavy atom. The zero-order chi connectivity index (χ0) is 11.7. The summed E-state index contributed by atoms with van der Waals surface area (Å²) in [5.41, 5.74) is 6.17. The molecule has 0 aromatic rings. The number of piperidine rings is 1. The van der Waals surface area contributed by atoms with E-state index in [2.05, 4.69) is 25.7 Å². The fourth-order valence-electron chi connectivity index (χ4n) is 4.07. The Morgan fingerprint density at radius 3 is 2.19 bits per heavy atom. The third-order valence-electron chi connectivity index (χ3n) is 4.63. The van der Waals surface area contributed by atoms with E-state index in [1.165, 1.54) is 32.2 Å². The lowest BCUT2D eigenvalue weighted by Crippen LogP contribution is -2.55. The third-order valence-corrected chi connectivity index (χ3v) is 4.63. The molecular formula is C14H28N2. The van der Waals surface area contributed by atoms with Crippen LogP contribution in [0.5, 0.6) is 0 Å². The summed E-state index contributed by atoms with van der Waals surface area (Å²) in [6, 6.07) is 1.20. The van der Waals surface area contributed by atoms with E-state index < -0.39 is 0 Å². The first kappa shape index (κ1) is 12.4. The Labute approximate surface area is 101 Å². The van der Waals surface area contributed by atoms with Crippen molar-refractivity contribution in [3.63, 3.8) is 0 Å². The van der Waals surface area contributed by atoms with E-state index in [0.29, 0.717) is 6.04 Å². The SMILES string of the molecule is CC1CC(N)CN(C2C(C)CCCC2C)C1. The Bertz CT molecular complexity index is 209. The lowest BCUT2D eigenvalue weighted by Gasteiger charge is -2.47. The van der Waals surface area contributed by atoms with Gasteiger partial charge in [-0.15, -0.1) is 0 Å². The second kappa shape index (κ2) is 5.05. The first-order valence-corrected chi connectivity index (χ1v) is 7.07. The molecule has 2 aliphatic rings. The highest BCUT2D eigenvalue weighted by molar-refractivity contribution is 4.90. The van der Waals surface area contributed by atoms with Gasteiger partial charge in [0.1, 0.15) is 0 Å². The van der Waals surface area contributed by atoms with E-state index in [4.69, 9.17) is 5.73 Å². The summed E-state index contributed by atoms with van der Waals surface area (Å²) in [7, 11) is 0. The second-order valence-corrected chi connectivity index (χ2v) is 6.43. The summed E-state index contributed by atoms with van der Waals surface area (Å²) in [4.78, 5) is 2.70. The van der Waals surface area contributed by atoms with Crippen molar-refractivity contribution in [1.82, 2.24) is 4.90 Å². The molecule has 2 N–H and O–H groups in total. The highest BCUT2D eigenvalue weighted by Gasteiger charge is 2.35. The van der Waals surface area contributed by atoms with Crippen LogP contribution in [0.2, 0.25) is 0 Å². The molecule has 2 heteroatoms. The maximum Gasteiger partial charge on any atom is 0.0170 e. The number of rotatable bonds is 1. The van der Waals surface area contributed by atoms with Crippen LogP contribution in [0.1, 0.15) is 46.5 Å². The average Bonchev–Trinajstić information content (AvgIpc) is 2.15. The highest BCUT2D eigenvalue weighted by atomic mass is 15.2. The van der Waals surface area contributed by atoms with Gasteiger partial charge in [-0.3, -0.25) is 4.90 Å². The van der Waals surface area contributed by atoms with Crippen LogP contribution in [0.25, 0.3) is 0 Å². The van der Waals surface area contributed by atoms with E-state index in [-0.39, 0.29) is 0 Å². The van der Waals surface area contributed by atoms with Gasteiger partial charge in [-0.2, -0.15) is 0 Å². The summed E-state index contributed by atoms with van der Waals surface area (Å²) in [6.07, 6.45) is 5.46. The Hall–Kier alpha value is -0.0800. The summed E-state index contributed by atoms with van der Waals surface area (Å²) >= 11 is 0. The van der Waals surface area contributed by atoms with E-state index in [9.17, 15) is 0 Å². The smallest absolute Gasteiger partial charge is 0.0170 e. The highest BCUT2D eigenvalue weighted by Crippen LogP contribution is 2.34. The fourth-order valence-corrected chi connectivity index (χ4v) is 4.07. The van der Waals surface area contributed by atoms with Crippen LogP contribution in [0, 0.1) is 17.8 Å². The van der Waals surface area contributed by atoms with Gasteiger partial charge in [-0.05, 0) is 37.0 Å². The molecule has 0 radical (unpaired) electrons. The molecule has 1 aliphatic heterocycles. The van der Waals surface area contributed by atoms with Crippen molar-refractivity contribution in [2.45, 2.75) is 58.5 Å². The van der Waals surface area contributed by atoms with Crippen molar-refractivity contribution in [2.75, 3.05) is 13.1 Å². The van der Waals surface area contributed by atoms with Crippen LogP contribution in [0.3, 0.4) is 0 Å². The van der Waals surface area contributed by atoms with Crippen molar-refractivity contribution < 1.29 is 0 Å². The summed E-state index contributed by atoms with van der Waals surface area (Å²) in [5.74, 6) is 2.51. The van der Waals surface area contributed by atoms with E-state index in [1.807, 2.05) is 0 Å². The predicted octanol–water partition coefficient (Wildman–Crippen LogP) is 2.48. The van der Waals surface area contributed by atoms with Gasteiger partial charge in [0.2, 0.25) is 0 Å². The Kier molecular flexibility index (Phi) is 3.91. The van der Waals surface area contributed by atoms with Gasteiger partial charge in [0.15, 0.2) is 0 Å². The van der Waals surface area contributed by atoms with Crippen molar-refractivity contribution in [3.8, 4) is 0 Å². The maximum atomic E-state index is 6.17. The van der Waals surface area contributed by atoms with Gasteiger partial charge in [-0.1, -0.05) is 27.2 Å². The molecule has 0 spiro atoms. The molecule has 0 aromatic heterocycles. The average molecular weight is 224 g/mol. The van der Waals surface area contributed by atoms with Crippen LogP contribution in [0.15, 0.2) is 0 Å². The molecule has 2 nitrogen and oxygen atoms in total. The molecule has 1 saturated carbocycles. The largest absolute Gasteiger partial charge is 0.327 e. The fraction of sp³-hybridized carbons (Fsp3) is 1.00. The number of likely N-dealkylation sites (tertiary alicyclic amines) is 1. The number of nitrogens with two attached hydrogens (primary N) is 1. The molecule has 1 heterocycles. The Balaban J connectivity index is 2.03. The van der Waals surface area contributed by atoms with Crippen LogP contribution in [0.4, 0.5) is 0 Å². The minimum atomic E-state index is 0.407. The third kappa shape index (κ3) is 2.60.